The molecule has 1 atom stereocenters. The van der Waals surface area contributed by atoms with E-state index in [9.17, 15) is 9.59 Å². The van der Waals surface area contributed by atoms with Crippen molar-refractivity contribution in [3.05, 3.63) is 58.6 Å². The first-order chi connectivity index (χ1) is 13.4. The first-order valence-electron chi connectivity index (χ1n) is 8.68. The lowest BCUT2D eigenvalue weighted by molar-refractivity contribution is -0.142. The minimum absolute atomic E-state index is 0.0000397. The molecule has 0 heterocycles. The van der Waals surface area contributed by atoms with Crippen LogP contribution in [0.3, 0.4) is 0 Å². The van der Waals surface area contributed by atoms with Gasteiger partial charge in [-0.3, -0.25) is 4.79 Å². The van der Waals surface area contributed by atoms with Crippen LogP contribution in [0.15, 0.2) is 53.0 Å². The predicted molar refractivity (Wildman–Crippen MR) is 113 cm³/mol. The maximum Gasteiger partial charge on any atom is 0.325 e. The van der Waals surface area contributed by atoms with E-state index in [-0.39, 0.29) is 25.7 Å². The van der Waals surface area contributed by atoms with E-state index in [2.05, 4.69) is 21.2 Å². The number of carbonyl (C=O) groups excluding carboxylic acids is 2. The van der Waals surface area contributed by atoms with E-state index < -0.39 is 11.3 Å². The van der Waals surface area contributed by atoms with E-state index in [0.29, 0.717) is 11.4 Å². The van der Waals surface area contributed by atoms with Gasteiger partial charge in [0, 0.05) is 23.2 Å². The Bertz CT molecular complexity index is 801. The van der Waals surface area contributed by atoms with E-state index in [1.54, 1.807) is 26.2 Å². The Morgan fingerprint density at radius 3 is 2.57 bits per heavy atom. The fourth-order valence-electron chi connectivity index (χ4n) is 2.45. The molecule has 0 aromatic heterocycles. The van der Waals surface area contributed by atoms with Gasteiger partial charge in [0.05, 0.1) is 13.7 Å². The maximum atomic E-state index is 12.8. The molecule has 0 radical (unpaired) electrons. The summed E-state index contributed by atoms with van der Waals surface area (Å²) in [4.78, 5) is 26.2. The van der Waals surface area contributed by atoms with Gasteiger partial charge in [-0.2, -0.15) is 0 Å². The minimum atomic E-state index is -0.971. The first-order valence-corrected chi connectivity index (χ1v) is 9.91. The molecule has 2 aromatic rings. The van der Waals surface area contributed by atoms with Crippen molar-refractivity contribution in [2.24, 2.45) is 0 Å². The molecule has 0 spiro atoms. The van der Waals surface area contributed by atoms with Crippen molar-refractivity contribution >= 4 is 45.2 Å². The molecule has 28 heavy (non-hydrogen) atoms. The largest absolute Gasteiger partial charge is 0.497 e. The molecule has 8 heteroatoms. The lowest BCUT2D eigenvalue weighted by atomic mass is 10.2. The Morgan fingerprint density at radius 2 is 1.93 bits per heavy atom. The molecule has 0 bridgehead atoms. The molecule has 6 nitrogen and oxygen atoms in total. The monoisotopic (exact) mass is 468 g/mol. The lowest BCUT2D eigenvalue weighted by Crippen LogP contribution is -2.41. The second-order valence-electron chi connectivity index (χ2n) is 5.89. The number of hydrogen-bond donors (Lipinski definition) is 1. The number of nitrogens with one attached hydrogen (secondary N) is 1. The van der Waals surface area contributed by atoms with Crippen LogP contribution in [0.1, 0.15) is 12.5 Å². The number of alkyl halides is 1. The van der Waals surface area contributed by atoms with Crippen LogP contribution < -0.4 is 10.1 Å². The number of ether oxygens (including phenoxy) is 2. The fraction of sp³-hybridized carbons (Fsp3) is 0.300. The van der Waals surface area contributed by atoms with Gasteiger partial charge in [-0.1, -0.05) is 28.1 Å². The van der Waals surface area contributed by atoms with Crippen LogP contribution in [-0.2, 0) is 16.1 Å². The topological polar surface area (TPSA) is 67.9 Å². The highest BCUT2D eigenvalue weighted by Gasteiger charge is 2.24. The summed E-state index contributed by atoms with van der Waals surface area (Å²) in [6.45, 7) is 2.18. The number of nitrogens with zero attached hydrogens (tertiary/aromatic N) is 1. The number of hydrogen-bond acceptors (Lipinski definition) is 4. The molecular formula is C20H22BrClN2O4. The molecular weight excluding hydrogens is 448 g/mol. The standard InChI is InChI=1S/C20H22BrClN2O4/c1-3-28-19(25)18(22)13-24(12-14-5-4-6-17(11-14)27-2)20(26)23-16-9-7-15(21)8-10-16/h4-11,18H,3,12-13H2,1-2H3,(H,23,26). The zero-order valence-electron chi connectivity index (χ0n) is 15.7. The zero-order valence-corrected chi connectivity index (χ0v) is 18.0. The number of anilines is 1. The number of halogens is 2. The van der Waals surface area contributed by atoms with Crippen molar-refractivity contribution in [3.8, 4) is 5.75 Å². The molecule has 0 saturated heterocycles. The quantitative estimate of drug-likeness (QED) is 0.451. The van der Waals surface area contributed by atoms with Crippen LogP contribution in [0.4, 0.5) is 10.5 Å². The van der Waals surface area contributed by atoms with E-state index >= 15 is 0 Å². The molecule has 0 aliphatic heterocycles. The Labute approximate surface area is 177 Å². The van der Waals surface area contributed by atoms with Gasteiger partial charge in [-0.25, -0.2) is 4.79 Å². The molecule has 0 saturated carbocycles. The van der Waals surface area contributed by atoms with Gasteiger partial charge in [0.1, 0.15) is 11.1 Å². The molecule has 0 aliphatic carbocycles. The number of amides is 2. The summed E-state index contributed by atoms with van der Waals surface area (Å²) in [6.07, 6.45) is 0. The van der Waals surface area contributed by atoms with Crippen LogP contribution in [0.25, 0.3) is 0 Å². The molecule has 0 aliphatic rings. The summed E-state index contributed by atoms with van der Waals surface area (Å²) in [6, 6.07) is 14.2. The van der Waals surface area contributed by atoms with Gasteiger partial charge in [-0.05, 0) is 48.9 Å². The number of benzene rings is 2. The molecule has 1 unspecified atom stereocenters. The predicted octanol–water partition coefficient (Wildman–Crippen LogP) is 4.66. The van der Waals surface area contributed by atoms with Crippen molar-refractivity contribution in [3.63, 3.8) is 0 Å². The van der Waals surface area contributed by atoms with Crippen molar-refractivity contribution in [1.82, 2.24) is 4.90 Å². The summed E-state index contributed by atoms with van der Waals surface area (Å²) in [7, 11) is 1.58. The minimum Gasteiger partial charge on any atom is -0.497 e. The normalized spacial score (nSPS) is 11.4. The molecule has 2 rings (SSSR count). The van der Waals surface area contributed by atoms with Crippen LogP contribution in [0.2, 0.25) is 0 Å². The summed E-state index contributed by atoms with van der Waals surface area (Å²) in [5, 5.41) is 1.85. The highest BCUT2D eigenvalue weighted by Crippen LogP contribution is 2.18. The first kappa shape index (κ1) is 22.0. The second kappa shape index (κ2) is 10.9. The Morgan fingerprint density at radius 1 is 1.21 bits per heavy atom. The number of rotatable bonds is 8. The van der Waals surface area contributed by atoms with Gasteiger partial charge in [-0.15, -0.1) is 11.6 Å². The van der Waals surface area contributed by atoms with Gasteiger partial charge < -0.3 is 19.7 Å². The number of esters is 1. The smallest absolute Gasteiger partial charge is 0.325 e. The maximum absolute atomic E-state index is 12.8. The Kier molecular flexibility index (Phi) is 8.60. The van der Waals surface area contributed by atoms with Crippen LogP contribution in [0, 0.1) is 0 Å². The Balaban J connectivity index is 2.17. The van der Waals surface area contributed by atoms with Gasteiger partial charge in [0.25, 0.3) is 0 Å². The zero-order chi connectivity index (χ0) is 20.5. The van der Waals surface area contributed by atoms with Gasteiger partial charge in [0.2, 0.25) is 0 Å². The van der Waals surface area contributed by atoms with Crippen LogP contribution in [0.5, 0.6) is 5.75 Å². The average Bonchev–Trinajstić information content (AvgIpc) is 2.69. The van der Waals surface area contributed by atoms with Crippen LogP contribution in [-0.4, -0.2) is 42.5 Å². The lowest BCUT2D eigenvalue weighted by Gasteiger charge is -2.25. The molecule has 2 amide bonds. The molecule has 150 valence electrons. The number of methoxy groups -OCH3 is 1. The molecule has 0 fully saturated rings. The van der Waals surface area contributed by atoms with E-state index in [1.165, 1.54) is 4.90 Å². The second-order valence-corrected chi connectivity index (χ2v) is 7.33. The highest BCUT2D eigenvalue weighted by atomic mass is 79.9. The van der Waals surface area contributed by atoms with Gasteiger partial charge >= 0.3 is 12.0 Å². The third-order valence-electron chi connectivity index (χ3n) is 3.81. The van der Waals surface area contributed by atoms with Crippen molar-refractivity contribution in [2.45, 2.75) is 18.8 Å². The average molecular weight is 470 g/mol. The fourth-order valence-corrected chi connectivity index (χ4v) is 2.94. The number of urea groups is 1. The SMILES string of the molecule is CCOC(=O)C(Cl)CN(Cc1cccc(OC)c1)C(=O)Nc1ccc(Br)cc1. The summed E-state index contributed by atoms with van der Waals surface area (Å²) < 4.78 is 11.1. The van der Waals surface area contributed by atoms with E-state index in [0.717, 1.165) is 10.0 Å². The van der Waals surface area contributed by atoms with E-state index in [1.807, 2.05) is 36.4 Å². The summed E-state index contributed by atoms with van der Waals surface area (Å²) in [5.74, 6) is 0.120. The van der Waals surface area contributed by atoms with Crippen molar-refractivity contribution in [2.75, 3.05) is 25.6 Å². The summed E-state index contributed by atoms with van der Waals surface area (Å²) in [5.41, 5.74) is 1.48. The Hall–Kier alpha value is -2.25. The van der Waals surface area contributed by atoms with E-state index in [4.69, 9.17) is 21.1 Å². The van der Waals surface area contributed by atoms with Crippen molar-refractivity contribution in [1.29, 1.82) is 0 Å². The number of carbonyl (C=O) groups is 2. The summed E-state index contributed by atoms with van der Waals surface area (Å²) >= 11 is 9.53. The van der Waals surface area contributed by atoms with Crippen molar-refractivity contribution < 1.29 is 19.1 Å². The molecule has 1 N–H and O–H groups in total. The third-order valence-corrected chi connectivity index (χ3v) is 4.66. The highest BCUT2D eigenvalue weighted by molar-refractivity contribution is 9.10. The third kappa shape index (κ3) is 6.73. The van der Waals surface area contributed by atoms with Crippen LogP contribution >= 0.6 is 27.5 Å². The van der Waals surface area contributed by atoms with Gasteiger partial charge in [0.15, 0.2) is 0 Å². The molecule has 2 aromatic carbocycles.